The van der Waals surface area contributed by atoms with Crippen LogP contribution in [0.1, 0.15) is 55.6 Å². The van der Waals surface area contributed by atoms with Crippen LogP contribution in [0, 0.1) is 5.82 Å². The van der Waals surface area contributed by atoms with E-state index in [0.29, 0.717) is 11.2 Å². The summed E-state index contributed by atoms with van der Waals surface area (Å²) in [5, 5.41) is 19.3. The number of aromatic amines is 1. The highest BCUT2D eigenvalue weighted by molar-refractivity contribution is 5.86. The van der Waals surface area contributed by atoms with Gasteiger partial charge in [-0.15, -0.1) is 10.2 Å². The van der Waals surface area contributed by atoms with Crippen molar-refractivity contribution < 1.29 is 9.13 Å². The lowest BCUT2D eigenvalue weighted by molar-refractivity contribution is 0.292. The van der Waals surface area contributed by atoms with Crippen molar-refractivity contribution in [3.05, 3.63) is 83.4 Å². The smallest absolute Gasteiger partial charge is 0.211 e. The van der Waals surface area contributed by atoms with Crippen molar-refractivity contribution in [2.75, 3.05) is 0 Å². The molecule has 0 unspecified atom stereocenters. The van der Waals surface area contributed by atoms with Crippen molar-refractivity contribution in [2.45, 2.75) is 50.8 Å². The van der Waals surface area contributed by atoms with E-state index >= 15 is 0 Å². The summed E-state index contributed by atoms with van der Waals surface area (Å²) in [6.45, 7) is 2.44. The minimum Gasteiger partial charge on any atom is -0.485 e. The van der Waals surface area contributed by atoms with E-state index in [-0.39, 0.29) is 24.0 Å². The number of halogens is 1. The fourth-order valence-electron chi connectivity index (χ4n) is 4.91. The van der Waals surface area contributed by atoms with Crippen LogP contribution in [0.25, 0.3) is 10.8 Å². The lowest BCUT2D eigenvalue weighted by Crippen LogP contribution is -2.41. The van der Waals surface area contributed by atoms with E-state index in [4.69, 9.17) is 4.74 Å². The van der Waals surface area contributed by atoms with Gasteiger partial charge in [-0.3, -0.25) is 0 Å². The summed E-state index contributed by atoms with van der Waals surface area (Å²) in [7, 11) is 0. The molecule has 0 saturated heterocycles. The molecule has 1 heterocycles. The van der Waals surface area contributed by atoms with Crippen molar-refractivity contribution in [1.82, 2.24) is 25.9 Å². The van der Waals surface area contributed by atoms with Crippen LogP contribution < -0.4 is 10.1 Å². The second-order valence-corrected chi connectivity index (χ2v) is 8.48. The molecule has 1 atom stereocenters. The van der Waals surface area contributed by atoms with Crippen molar-refractivity contribution in [2.24, 2.45) is 0 Å². The molecule has 1 saturated carbocycles. The lowest BCUT2D eigenvalue weighted by atomic mass is 9.86. The summed E-state index contributed by atoms with van der Waals surface area (Å²) in [5.74, 6) is 1.11. The van der Waals surface area contributed by atoms with E-state index in [1.807, 2.05) is 42.5 Å². The second kappa shape index (κ2) is 8.67. The Morgan fingerprint density at radius 2 is 1.78 bits per heavy atom. The summed E-state index contributed by atoms with van der Waals surface area (Å²) >= 11 is 0. The molecule has 32 heavy (non-hydrogen) atoms. The SMILES string of the molecule is C[C@@H](NC1(c2ccc(OCc3nn[nH]n3)cc2)CCCC1)c1ccc(F)c2ccccc12. The van der Waals surface area contributed by atoms with Gasteiger partial charge >= 0.3 is 0 Å². The predicted octanol–water partition coefficient (Wildman–Crippen LogP) is 5.19. The van der Waals surface area contributed by atoms with E-state index in [1.165, 1.54) is 18.4 Å². The summed E-state index contributed by atoms with van der Waals surface area (Å²) in [6.07, 6.45) is 4.50. The van der Waals surface area contributed by atoms with Crippen LogP contribution in [0.3, 0.4) is 0 Å². The fraction of sp³-hybridized carbons (Fsp3) is 0.320. The molecule has 0 amide bonds. The molecule has 1 aromatic heterocycles. The molecule has 0 bridgehead atoms. The van der Waals surface area contributed by atoms with Gasteiger partial charge in [-0.2, -0.15) is 5.21 Å². The maximum Gasteiger partial charge on any atom is 0.211 e. The molecule has 1 aliphatic carbocycles. The number of hydrogen-bond acceptors (Lipinski definition) is 5. The van der Waals surface area contributed by atoms with Gasteiger partial charge in [0.05, 0.1) is 0 Å². The van der Waals surface area contributed by atoms with Gasteiger partial charge in [-0.25, -0.2) is 4.39 Å². The molecule has 164 valence electrons. The molecule has 7 heteroatoms. The molecule has 1 fully saturated rings. The summed E-state index contributed by atoms with van der Waals surface area (Å²) in [6, 6.07) is 19.5. The monoisotopic (exact) mass is 431 g/mol. The third-order valence-corrected chi connectivity index (χ3v) is 6.49. The van der Waals surface area contributed by atoms with E-state index in [2.05, 4.69) is 45.0 Å². The van der Waals surface area contributed by atoms with Crippen molar-refractivity contribution >= 4 is 10.8 Å². The average Bonchev–Trinajstić information content (AvgIpc) is 3.51. The number of ether oxygens (including phenoxy) is 1. The zero-order valence-electron chi connectivity index (χ0n) is 18.0. The Bertz CT molecular complexity index is 1190. The molecule has 0 radical (unpaired) electrons. The van der Waals surface area contributed by atoms with Gasteiger partial charge in [-0.05, 0) is 54.5 Å². The first-order valence-corrected chi connectivity index (χ1v) is 11.1. The minimum atomic E-state index is -0.177. The number of nitrogens with zero attached hydrogens (tertiary/aromatic N) is 3. The van der Waals surface area contributed by atoms with Crippen LogP contribution in [-0.2, 0) is 12.1 Å². The quantitative estimate of drug-likeness (QED) is 0.421. The fourth-order valence-corrected chi connectivity index (χ4v) is 4.91. The first-order valence-electron chi connectivity index (χ1n) is 11.1. The Hall–Kier alpha value is -3.32. The molecule has 0 aliphatic heterocycles. The Labute approximate surface area is 186 Å². The lowest BCUT2D eigenvalue weighted by Gasteiger charge is -2.35. The van der Waals surface area contributed by atoms with E-state index in [9.17, 15) is 4.39 Å². The number of fused-ring (bicyclic) bond motifs is 1. The molecular formula is C25H26FN5O. The van der Waals surface area contributed by atoms with E-state index in [0.717, 1.165) is 29.5 Å². The van der Waals surface area contributed by atoms with E-state index < -0.39 is 0 Å². The summed E-state index contributed by atoms with van der Waals surface area (Å²) in [5.41, 5.74) is 2.26. The Balaban J connectivity index is 1.38. The number of tetrazole rings is 1. The third-order valence-electron chi connectivity index (χ3n) is 6.49. The van der Waals surface area contributed by atoms with Crippen LogP contribution in [-0.4, -0.2) is 20.6 Å². The van der Waals surface area contributed by atoms with Gasteiger partial charge in [0.15, 0.2) is 6.61 Å². The predicted molar refractivity (Wildman–Crippen MR) is 121 cm³/mol. The van der Waals surface area contributed by atoms with Crippen LogP contribution in [0.4, 0.5) is 4.39 Å². The van der Waals surface area contributed by atoms with Gasteiger partial charge in [0.2, 0.25) is 5.82 Å². The molecule has 5 rings (SSSR count). The molecule has 6 nitrogen and oxygen atoms in total. The summed E-state index contributed by atoms with van der Waals surface area (Å²) < 4.78 is 20.1. The van der Waals surface area contributed by atoms with Gasteiger partial charge in [0, 0.05) is 17.0 Å². The number of hydrogen-bond donors (Lipinski definition) is 2. The number of nitrogens with one attached hydrogen (secondary N) is 2. The largest absolute Gasteiger partial charge is 0.485 e. The molecule has 3 aromatic carbocycles. The molecule has 2 N–H and O–H groups in total. The van der Waals surface area contributed by atoms with Crippen LogP contribution in [0.2, 0.25) is 0 Å². The first-order chi connectivity index (χ1) is 15.6. The highest BCUT2D eigenvalue weighted by atomic mass is 19.1. The number of benzene rings is 3. The van der Waals surface area contributed by atoms with Crippen LogP contribution >= 0.6 is 0 Å². The Kier molecular flexibility index (Phi) is 5.57. The van der Waals surface area contributed by atoms with Crippen molar-refractivity contribution in [1.29, 1.82) is 0 Å². The van der Waals surface area contributed by atoms with Crippen molar-refractivity contribution in [3.8, 4) is 5.75 Å². The van der Waals surface area contributed by atoms with Crippen LogP contribution in [0.15, 0.2) is 60.7 Å². The first kappa shape index (κ1) is 20.6. The second-order valence-electron chi connectivity index (χ2n) is 8.48. The third kappa shape index (κ3) is 3.96. The highest BCUT2D eigenvalue weighted by Crippen LogP contribution is 2.41. The van der Waals surface area contributed by atoms with E-state index in [1.54, 1.807) is 6.07 Å². The Morgan fingerprint density at radius 3 is 2.50 bits per heavy atom. The molecule has 4 aromatic rings. The van der Waals surface area contributed by atoms with Crippen molar-refractivity contribution in [3.63, 3.8) is 0 Å². The van der Waals surface area contributed by atoms with Gasteiger partial charge in [0.25, 0.3) is 0 Å². The van der Waals surface area contributed by atoms with Gasteiger partial charge in [0.1, 0.15) is 11.6 Å². The maximum atomic E-state index is 14.3. The van der Waals surface area contributed by atoms with Crippen LogP contribution in [0.5, 0.6) is 5.75 Å². The zero-order chi connectivity index (χ0) is 22.0. The minimum absolute atomic E-state index is 0.0766. The highest BCUT2D eigenvalue weighted by Gasteiger charge is 2.37. The maximum absolute atomic E-state index is 14.3. The number of aromatic nitrogens is 4. The number of H-pyrrole nitrogens is 1. The standard InChI is InChI=1S/C25H26FN5O/c1-17(20-12-13-23(26)22-7-3-2-6-21(20)22)27-25(14-4-5-15-25)18-8-10-19(11-9-18)32-16-24-28-30-31-29-24/h2-3,6-13,17,27H,4-5,14-16H2,1H3,(H,28,29,30,31)/t17-/m1/s1. The van der Waals surface area contributed by atoms with Gasteiger partial charge in [-0.1, -0.05) is 60.5 Å². The summed E-state index contributed by atoms with van der Waals surface area (Å²) in [4.78, 5) is 0. The average molecular weight is 432 g/mol. The topological polar surface area (TPSA) is 75.7 Å². The molecular weight excluding hydrogens is 405 g/mol. The normalized spacial score (nSPS) is 16.3. The molecule has 1 aliphatic rings. The molecule has 0 spiro atoms. The number of rotatable bonds is 7. The van der Waals surface area contributed by atoms with Gasteiger partial charge < -0.3 is 10.1 Å². The Morgan fingerprint density at radius 1 is 1.03 bits per heavy atom. The zero-order valence-corrected chi connectivity index (χ0v) is 18.0.